The van der Waals surface area contributed by atoms with Crippen LogP contribution < -0.4 is 5.73 Å². The third-order valence-corrected chi connectivity index (χ3v) is 4.01. The van der Waals surface area contributed by atoms with E-state index in [0.29, 0.717) is 16.9 Å². The molecule has 0 radical (unpaired) electrons. The van der Waals surface area contributed by atoms with Crippen LogP contribution in [0.25, 0.3) is 33.2 Å². The number of pyridine rings is 2. The SMILES string of the molecule is Cc1cc(-c2ccccc2)nc2nc3cc(F)ccc3c(N)c12. The first-order valence-corrected chi connectivity index (χ1v) is 7.35. The number of anilines is 1. The fraction of sp³-hybridized carbons (Fsp3) is 0.0526. The second kappa shape index (κ2) is 5.02. The molecule has 0 aliphatic carbocycles. The van der Waals surface area contributed by atoms with E-state index < -0.39 is 0 Å². The van der Waals surface area contributed by atoms with Crippen molar-refractivity contribution in [3.8, 4) is 11.3 Å². The van der Waals surface area contributed by atoms with Gasteiger partial charge in [0.1, 0.15) is 5.82 Å². The maximum Gasteiger partial charge on any atom is 0.162 e. The molecule has 2 heterocycles. The van der Waals surface area contributed by atoms with Crippen LogP contribution in [0.4, 0.5) is 10.1 Å². The summed E-state index contributed by atoms with van der Waals surface area (Å²) >= 11 is 0. The van der Waals surface area contributed by atoms with Crippen LogP contribution in [-0.4, -0.2) is 9.97 Å². The molecule has 2 aromatic heterocycles. The highest BCUT2D eigenvalue weighted by Crippen LogP contribution is 2.32. The summed E-state index contributed by atoms with van der Waals surface area (Å²) in [6, 6.07) is 16.3. The molecule has 4 rings (SSSR count). The maximum atomic E-state index is 13.5. The van der Waals surface area contributed by atoms with E-state index in [4.69, 9.17) is 5.73 Å². The Balaban J connectivity index is 2.08. The Kier molecular flexibility index (Phi) is 2.98. The summed E-state index contributed by atoms with van der Waals surface area (Å²) in [6.45, 7) is 1.99. The number of hydrogen-bond donors (Lipinski definition) is 1. The Morgan fingerprint density at radius 2 is 1.74 bits per heavy atom. The second-order valence-electron chi connectivity index (χ2n) is 5.58. The van der Waals surface area contributed by atoms with E-state index in [1.165, 1.54) is 12.1 Å². The third-order valence-electron chi connectivity index (χ3n) is 4.01. The van der Waals surface area contributed by atoms with Gasteiger partial charge in [-0.25, -0.2) is 14.4 Å². The van der Waals surface area contributed by atoms with Crippen LogP contribution in [0.15, 0.2) is 54.6 Å². The van der Waals surface area contributed by atoms with Gasteiger partial charge < -0.3 is 5.73 Å². The summed E-state index contributed by atoms with van der Waals surface area (Å²) in [7, 11) is 0. The highest BCUT2D eigenvalue weighted by atomic mass is 19.1. The summed E-state index contributed by atoms with van der Waals surface area (Å²) in [5.74, 6) is -0.334. The molecule has 3 nitrogen and oxygen atoms in total. The lowest BCUT2D eigenvalue weighted by Crippen LogP contribution is -1.98. The molecule has 2 N–H and O–H groups in total. The van der Waals surface area contributed by atoms with Crippen molar-refractivity contribution in [1.82, 2.24) is 9.97 Å². The molecular weight excluding hydrogens is 289 g/mol. The van der Waals surface area contributed by atoms with E-state index in [1.807, 2.05) is 43.3 Å². The van der Waals surface area contributed by atoms with Gasteiger partial charge in [0.05, 0.1) is 16.9 Å². The number of benzene rings is 2. The Labute approximate surface area is 132 Å². The van der Waals surface area contributed by atoms with Crippen molar-refractivity contribution < 1.29 is 4.39 Å². The summed E-state index contributed by atoms with van der Waals surface area (Å²) < 4.78 is 13.5. The van der Waals surface area contributed by atoms with Crippen molar-refractivity contribution in [2.75, 3.05) is 5.73 Å². The van der Waals surface area contributed by atoms with Gasteiger partial charge in [-0.3, -0.25) is 0 Å². The van der Waals surface area contributed by atoms with Gasteiger partial charge in [-0.05, 0) is 30.7 Å². The number of hydrogen-bond acceptors (Lipinski definition) is 3. The first-order valence-electron chi connectivity index (χ1n) is 7.35. The smallest absolute Gasteiger partial charge is 0.162 e. The molecule has 0 amide bonds. The number of rotatable bonds is 1. The quantitative estimate of drug-likeness (QED) is 0.527. The molecule has 0 aliphatic heterocycles. The molecule has 112 valence electrons. The number of nitrogens with zero attached hydrogens (tertiary/aromatic N) is 2. The molecule has 2 aromatic carbocycles. The number of fused-ring (bicyclic) bond motifs is 2. The monoisotopic (exact) mass is 303 g/mol. The van der Waals surface area contributed by atoms with E-state index in [1.54, 1.807) is 6.07 Å². The molecule has 4 heteroatoms. The lowest BCUT2D eigenvalue weighted by Gasteiger charge is -2.11. The first-order chi connectivity index (χ1) is 11.1. The predicted octanol–water partition coefficient (Wildman–Crippen LogP) is 4.48. The molecule has 0 saturated carbocycles. The molecule has 0 atom stereocenters. The van der Waals surface area contributed by atoms with Crippen LogP contribution >= 0.6 is 0 Å². The average Bonchev–Trinajstić information content (AvgIpc) is 2.55. The molecule has 0 aliphatic rings. The van der Waals surface area contributed by atoms with Gasteiger partial charge >= 0.3 is 0 Å². The standard InChI is InChI=1S/C19H14FN3/c1-11-9-15(12-5-3-2-4-6-12)22-19-17(11)18(21)14-8-7-13(20)10-16(14)23-19/h2-10H,1H3,(H2,21,22,23). The lowest BCUT2D eigenvalue weighted by atomic mass is 10.0. The summed E-state index contributed by atoms with van der Waals surface area (Å²) in [4.78, 5) is 9.15. The summed E-state index contributed by atoms with van der Waals surface area (Å²) in [6.07, 6.45) is 0. The zero-order valence-electron chi connectivity index (χ0n) is 12.5. The minimum Gasteiger partial charge on any atom is -0.398 e. The van der Waals surface area contributed by atoms with Crippen molar-refractivity contribution in [2.45, 2.75) is 6.92 Å². The largest absolute Gasteiger partial charge is 0.398 e. The number of nitrogen functional groups attached to an aromatic ring is 1. The van der Waals surface area contributed by atoms with E-state index in [-0.39, 0.29) is 5.82 Å². The Hall–Kier alpha value is -3.01. The molecule has 0 spiro atoms. The number of aryl methyl sites for hydroxylation is 1. The minimum absolute atomic E-state index is 0.334. The molecule has 0 bridgehead atoms. The van der Waals surface area contributed by atoms with E-state index in [9.17, 15) is 4.39 Å². The lowest BCUT2D eigenvalue weighted by molar-refractivity contribution is 0.629. The number of aromatic nitrogens is 2. The molecule has 4 aromatic rings. The molecule has 0 fully saturated rings. The van der Waals surface area contributed by atoms with Crippen LogP contribution in [-0.2, 0) is 0 Å². The fourth-order valence-electron chi connectivity index (χ4n) is 2.90. The molecule has 0 unspecified atom stereocenters. The zero-order chi connectivity index (χ0) is 16.0. The number of halogens is 1. The van der Waals surface area contributed by atoms with Crippen molar-refractivity contribution in [3.05, 3.63) is 66.0 Å². The fourth-order valence-corrected chi connectivity index (χ4v) is 2.90. The first kappa shape index (κ1) is 13.6. The minimum atomic E-state index is -0.334. The Morgan fingerprint density at radius 1 is 0.957 bits per heavy atom. The predicted molar refractivity (Wildman–Crippen MR) is 91.6 cm³/mol. The Morgan fingerprint density at radius 3 is 2.52 bits per heavy atom. The van der Waals surface area contributed by atoms with Crippen molar-refractivity contribution in [2.24, 2.45) is 0 Å². The van der Waals surface area contributed by atoms with Crippen molar-refractivity contribution >= 4 is 27.6 Å². The summed E-state index contributed by atoms with van der Waals surface area (Å²) in [5, 5.41) is 1.57. The van der Waals surface area contributed by atoms with Gasteiger partial charge in [0.25, 0.3) is 0 Å². The Bertz CT molecular complexity index is 1040. The van der Waals surface area contributed by atoms with Crippen molar-refractivity contribution in [3.63, 3.8) is 0 Å². The average molecular weight is 303 g/mol. The highest BCUT2D eigenvalue weighted by Gasteiger charge is 2.12. The van der Waals surface area contributed by atoms with E-state index >= 15 is 0 Å². The normalized spacial score (nSPS) is 11.2. The van der Waals surface area contributed by atoms with Gasteiger partial charge in [-0.15, -0.1) is 0 Å². The van der Waals surface area contributed by atoms with Gasteiger partial charge in [-0.1, -0.05) is 30.3 Å². The van der Waals surface area contributed by atoms with Gasteiger partial charge in [-0.2, -0.15) is 0 Å². The van der Waals surface area contributed by atoms with Crippen LogP contribution in [0.5, 0.6) is 0 Å². The van der Waals surface area contributed by atoms with Crippen LogP contribution in [0.3, 0.4) is 0 Å². The maximum absolute atomic E-state index is 13.5. The number of nitrogens with two attached hydrogens (primary N) is 1. The molecular formula is C19H14FN3. The van der Waals surface area contributed by atoms with Gasteiger partial charge in [0, 0.05) is 22.4 Å². The molecule has 0 saturated heterocycles. The summed E-state index contributed by atoms with van der Waals surface area (Å²) in [5.41, 5.74) is 10.8. The van der Waals surface area contributed by atoms with Crippen LogP contribution in [0.2, 0.25) is 0 Å². The van der Waals surface area contributed by atoms with E-state index in [0.717, 1.165) is 27.6 Å². The molecule has 23 heavy (non-hydrogen) atoms. The third kappa shape index (κ3) is 2.19. The van der Waals surface area contributed by atoms with E-state index in [2.05, 4.69) is 9.97 Å². The van der Waals surface area contributed by atoms with Crippen molar-refractivity contribution in [1.29, 1.82) is 0 Å². The second-order valence-corrected chi connectivity index (χ2v) is 5.58. The van der Waals surface area contributed by atoms with Crippen LogP contribution in [0.1, 0.15) is 5.56 Å². The highest BCUT2D eigenvalue weighted by molar-refractivity contribution is 6.07. The topological polar surface area (TPSA) is 51.8 Å². The van der Waals surface area contributed by atoms with Gasteiger partial charge in [0.2, 0.25) is 0 Å². The zero-order valence-corrected chi connectivity index (χ0v) is 12.5. The van der Waals surface area contributed by atoms with Gasteiger partial charge in [0.15, 0.2) is 5.65 Å². The van der Waals surface area contributed by atoms with Crippen LogP contribution in [0, 0.1) is 12.7 Å².